The van der Waals surface area contributed by atoms with Crippen molar-refractivity contribution in [3.8, 4) is 0 Å². The van der Waals surface area contributed by atoms with Crippen LogP contribution in [0.15, 0.2) is 22.5 Å². The summed E-state index contributed by atoms with van der Waals surface area (Å²) in [4.78, 5) is 10.3. The molecular weight excluding hydrogens is 154 g/mol. The standard InChI is InChI=1S/C8H13N3O/c1-2-3-4-8(9-7-12)5-6-10-11-8/h5-7H,2-4H2,1H3,(H,9,12). The Labute approximate surface area is 71.8 Å². The maximum Gasteiger partial charge on any atom is 0.209 e. The maximum absolute atomic E-state index is 10.3. The van der Waals surface area contributed by atoms with E-state index in [1.165, 1.54) is 0 Å². The highest BCUT2D eigenvalue weighted by Gasteiger charge is 2.27. The molecule has 1 unspecified atom stereocenters. The molecule has 1 amide bonds. The minimum absolute atomic E-state index is 0.544. The van der Waals surface area contributed by atoms with Gasteiger partial charge in [-0.1, -0.05) is 13.3 Å². The highest BCUT2D eigenvalue weighted by atomic mass is 16.1. The molecule has 4 nitrogen and oxygen atoms in total. The number of amides is 1. The number of nitrogens with one attached hydrogen (secondary N) is 1. The van der Waals surface area contributed by atoms with Crippen molar-refractivity contribution in [3.05, 3.63) is 12.3 Å². The van der Waals surface area contributed by atoms with Gasteiger partial charge in [0, 0.05) is 6.20 Å². The first kappa shape index (κ1) is 8.90. The smallest absolute Gasteiger partial charge is 0.209 e. The molecular formula is C8H13N3O. The van der Waals surface area contributed by atoms with Gasteiger partial charge in [0.1, 0.15) is 0 Å². The number of carbonyl (C=O) groups is 1. The van der Waals surface area contributed by atoms with Gasteiger partial charge in [0.05, 0.1) is 0 Å². The zero-order valence-corrected chi connectivity index (χ0v) is 7.16. The van der Waals surface area contributed by atoms with Crippen LogP contribution >= 0.6 is 0 Å². The average Bonchev–Trinajstić information content (AvgIpc) is 2.51. The van der Waals surface area contributed by atoms with E-state index in [4.69, 9.17) is 0 Å². The van der Waals surface area contributed by atoms with Crippen molar-refractivity contribution >= 4 is 6.41 Å². The molecule has 4 heteroatoms. The van der Waals surface area contributed by atoms with Crippen LogP contribution in [-0.4, -0.2) is 12.1 Å². The van der Waals surface area contributed by atoms with Crippen LogP contribution < -0.4 is 5.32 Å². The Morgan fingerprint density at radius 3 is 3.00 bits per heavy atom. The van der Waals surface area contributed by atoms with Gasteiger partial charge in [0.25, 0.3) is 0 Å². The predicted octanol–water partition coefficient (Wildman–Crippen LogP) is 1.60. The van der Waals surface area contributed by atoms with E-state index in [9.17, 15) is 4.79 Å². The lowest BCUT2D eigenvalue weighted by Gasteiger charge is -2.20. The molecule has 0 fully saturated rings. The second-order valence-electron chi connectivity index (χ2n) is 2.82. The van der Waals surface area contributed by atoms with E-state index in [0.717, 1.165) is 19.3 Å². The molecule has 0 radical (unpaired) electrons. The molecule has 0 aromatic heterocycles. The minimum Gasteiger partial charge on any atom is -0.330 e. The van der Waals surface area contributed by atoms with E-state index < -0.39 is 5.66 Å². The summed E-state index contributed by atoms with van der Waals surface area (Å²) in [6.45, 7) is 2.10. The van der Waals surface area contributed by atoms with Crippen molar-refractivity contribution in [2.24, 2.45) is 10.2 Å². The first-order valence-corrected chi connectivity index (χ1v) is 4.14. The van der Waals surface area contributed by atoms with Crippen LogP contribution in [0.25, 0.3) is 0 Å². The van der Waals surface area contributed by atoms with Gasteiger partial charge in [0.2, 0.25) is 6.41 Å². The first-order valence-electron chi connectivity index (χ1n) is 4.14. The fraction of sp³-hybridized carbons (Fsp3) is 0.625. The fourth-order valence-corrected chi connectivity index (χ4v) is 1.16. The lowest BCUT2D eigenvalue weighted by atomic mass is 10.0. The SMILES string of the molecule is CCCCC1(NC=O)C=CN=N1. The molecule has 1 heterocycles. The second-order valence-corrected chi connectivity index (χ2v) is 2.82. The Morgan fingerprint density at radius 1 is 1.67 bits per heavy atom. The number of rotatable bonds is 5. The lowest BCUT2D eigenvalue weighted by Crippen LogP contribution is -2.39. The topological polar surface area (TPSA) is 53.8 Å². The van der Waals surface area contributed by atoms with E-state index in [1.54, 1.807) is 6.20 Å². The molecule has 0 aliphatic carbocycles. The van der Waals surface area contributed by atoms with Gasteiger partial charge in [-0.05, 0) is 18.9 Å². The normalized spacial score (nSPS) is 26.1. The molecule has 1 atom stereocenters. The first-order chi connectivity index (χ1) is 5.83. The third-order valence-electron chi connectivity index (χ3n) is 1.87. The van der Waals surface area contributed by atoms with Crippen LogP contribution in [0, 0.1) is 0 Å². The Balaban J connectivity index is 2.54. The quantitative estimate of drug-likeness (QED) is 0.621. The molecule has 1 aliphatic rings. The fourth-order valence-electron chi connectivity index (χ4n) is 1.16. The molecule has 1 rings (SSSR count). The average molecular weight is 167 g/mol. The predicted molar refractivity (Wildman–Crippen MR) is 45.5 cm³/mol. The number of nitrogens with zero attached hydrogens (tertiary/aromatic N) is 2. The summed E-state index contributed by atoms with van der Waals surface area (Å²) < 4.78 is 0. The van der Waals surface area contributed by atoms with E-state index in [0.29, 0.717) is 6.41 Å². The van der Waals surface area contributed by atoms with E-state index >= 15 is 0 Å². The Bertz CT molecular complexity index is 198. The van der Waals surface area contributed by atoms with Gasteiger partial charge in [0.15, 0.2) is 5.66 Å². The molecule has 0 aromatic rings. The van der Waals surface area contributed by atoms with Crippen LogP contribution in [0.4, 0.5) is 0 Å². The molecule has 1 N–H and O–H groups in total. The van der Waals surface area contributed by atoms with Crippen molar-refractivity contribution in [3.63, 3.8) is 0 Å². The van der Waals surface area contributed by atoms with E-state index in [2.05, 4.69) is 22.5 Å². The molecule has 0 saturated heterocycles. The van der Waals surface area contributed by atoms with Gasteiger partial charge >= 0.3 is 0 Å². The largest absolute Gasteiger partial charge is 0.330 e. The molecule has 1 aliphatic heterocycles. The Morgan fingerprint density at radius 2 is 2.50 bits per heavy atom. The molecule has 66 valence electrons. The van der Waals surface area contributed by atoms with Crippen molar-refractivity contribution in [2.75, 3.05) is 0 Å². The van der Waals surface area contributed by atoms with Crippen LogP contribution in [0.5, 0.6) is 0 Å². The third-order valence-corrected chi connectivity index (χ3v) is 1.87. The zero-order valence-electron chi connectivity index (χ0n) is 7.16. The summed E-state index contributed by atoms with van der Waals surface area (Å²) >= 11 is 0. The van der Waals surface area contributed by atoms with Crippen LogP contribution in [-0.2, 0) is 4.79 Å². The molecule has 0 bridgehead atoms. The van der Waals surface area contributed by atoms with Gasteiger partial charge in [-0.3, -0.25) is 4.79 Å². The van der Waals surface area contributed by atoms with E-state index in [-0.39, 0.29) is 0 Å². The van der Waals surface area contributed by atoms with Gasteiger partial charge in [-0.2, -0.15) is 10.2 Å². The zero-order chi connectivity index (χ0) is 8.86. The van der Waals surface area contributed by atoms with Gasteiger partial charge in [-0.15, -0.1) is 0 Å². The lowest BCUT2D eigenvalue weighted by molar-refractivity contribution is -0.110. The Kier molecular flexibility index (Phi) is 2.96. The monoisotopic (exact) mass is 167 g/mol. The Hall–Kier alpha value is -1.19. The summed E-state index contributed by atoms with van der Waals surface area (Å²) in [5, 5.41) is 10.4. The summed E-state index contributed by atoms with van der Waals surface area (Å²) in [5.74, 6) is 0. The maximum atomic E-state index is 10.3. The number of carbonyl (C=O) groups excluding carboxylic acids is 1. The van der Waals surface area contributed by atoms with Crippen molar-refractivity contribution in [1.29, 1.82) is 0 Å². The number of hydrogen-bond donors (Lipinski definition) is 1. The van der Waals surface area contributed by atoms with Crippen molar-refractivity contribution < 1.29 is 4.79 Å². The molecule has 0 aromatic carbocycles. The third kappa shape index (κ3) is 1.90. The summed E-state index contributed by atoms with van der Waals surface area (Å²) in [5.41, 5.74) is -0.544. The summed E-state index contributed by atoms with van der Waals surface area (Å²) in [6, 6.07) is 0. The number of hydrogen-bond acceptors (Lipinski definition) is 3. The highest BCUT2D eigenvalue weighted by Crippen LogP contribution is 2.22. The number of azo groups is 1. The second kappa shape index (κ2) is 3.99. The van der Waals surface area contributed by atoms with E-state index in [1.807, 2.05) is 6.08 Å². The minimum atomic E-state index is -0.544. The van der Waals surface area contributed by atoms with Gasteiger partial charge < -0.3 is 5.32 Å². The van der Waals surface area contributed by atoms with Crippen molar-refractivity contribution in [2.45, 2.75) is 31.8 Å². The van der Waals surface area contributed by atoms with Gasteiger partial charge in [-0.25, -0.2) is 0 Å². The summed E-state index contributed by atoms with van der Waals surface area (Å²) in [6.07, 6.45) is 7.05. The number of unbranched alkanes of at least 4 members (excludes halogenated alkanes) is 1. The highest BCUT2D eigenvalue weighted by molar-refractivity contribution is 5.49. The molecule has 12 heavy (non-hydrogen) atoms. The van der Waals surface area contributed by atoms with Crippen LogP contribution in [0.1, 0.15) is 26.2 Å². The van der Waals surface area contributed by atoms with Crippen molar-refractivity contribution in [1.82, 2.24) is 5.32 Å². The van der Waals surface area contributed by atoms with Crippen LogP contribution in [0.3, 0.4) is 0 Å². The summed E-state index contributed by atoms with van der Waals surface area (Å²) in [7, 11) is 0. The molecule has 0 spiro atoms. The van der Waals surface area contributed by atoms with Crippen LogP contribution in [0.2, 0.25) is 0 Å². The molecule has 0 saturated carbocycles.